The molecular weight excluding hydrogens is 248 g/mol. The zero-order valence-electron chi connectivity index (χ0n) is 12.3. The first-order valence-corrected chi connectivity index (χ1v) is 7.51. The van der Waals surface area contributed by atoms with E-state index in [0.29, 0.717) is 0 Å². The van der Waals surface area contributed by atoms with E-state index >= 15 is 0 Å². The van der Waals surface area contributed by atoms with E-state index in [-0.39, 0.29) is 6.61 Å². The molecule has 0 atom stereocenters. The molecule has 0 aliphatic heterocycles. The Morgan fingerprint density at radius 2 is 1.90 bits per heavy atom. The van der Waals surface area contributed by atoms with Crippen LogP contribution in [0.1, 0.15) is 31.9 Å². The van der Waals surface area contributed by atoms with Gasteiger partial charge in [-0.3, -0.25) is 9.88 Å². The van der Waals surface area contributed by atoms with Crippen molar-refractivity contribution in [2.75, 3.05) is 19.7 Å². The molecule has 108 valence electrons. The Bertz CT molecular complexity index is 527. The Morgan fingerprint density at radius 1 is 1.05 bits per heavy atom. The second-order valence-electron chi connectivity index (χ2n) is 5.20. The summed E-state index contributed by atoms with van der Waals surface area (Å²) in [7, 11) is 0. The van der Waals surface area contributed by atoms with Gasteiger partial charge in [0.05, 0.1) is 17.8 Å². The zero-order valence-corrected chi connectivity index (χ0v) is 12.3. The zero-order chi connectivity index (χ0) is 14.2. The number of hydrogen-bond acceptors (Lipinski definition) is 3. The molecule has 1 N–H and O–H groups in total. The van der Waals surface area contributed by atoms with E-state index in [1.807, 2.05) is 18.2 Å². The molecule has 2 aromatic rings. The van der Waals surface area contributed by atoms with Gasteiger partial charge in [0.15, 0.2) is 0 Å². The van der Waals surface area contributed by atoms with Crippen LogP contribution in [0.15, 0.2) is 36.4 Å². The number of nitrogens with zero attached hydrogens (tertiary/aromatic N) is 2. The minimum atomic E-state index is 0.208. The molecule has 0 bridgehead atoms. The number of hydrogen-bond donors (Lipinski definition) is 1. The SMILES string of the molecule is CCCCCN(CCO)Cc1ccc2ccccc2n1. The molecule has 0 amide bonds. The molecule has 0 spiro atoms. The molecular formula is C17H24N2O. The molecule has 1 aromatic carbocycles. The third-order valence-corrected chi connectivity index (χ3v) is 3.54. The van der Waals surface area contributed by atoms with Crippen molar-refractivity contribution in [2.45, 2.75) is 32.7 Å². The van der Waals surface area contributed by atoms with Crippen LogP contribution in [0.5, 0.6) is 0 Å². The van der Waals surface area contributed by atoms with E-state index in [1.54, 1.807) is 0 Å². The highest BCUT2D eigenvalue weighted by Crippen LogP contribution is 2.13. The van der Waals surface area contributed by atoms with Crippen molar-refractivity contribution in [3.63, 3.8) is 0 Å². The smallest absolute Gasteiger partial charge is 0.0705 e. The fourth-order valence-corrected chi connectivity index (χ4v) is 2.42. The first-order chi connectivity index (χ1) is 9.83. The third kappa shape index (κ3) is 4.29. The van der Waals surface area contributed by atoms with Crippen LogP contribution in [0.3, 0.4) is 0 Å². The van der Waals surface area contributed by atoms with Gasteiger partial charge in [-0.25, -0.2) is 0 Å². The van der Waals surface area contributed by atoms with Gasteiger partial charge in [-0.2, -0.15) is 0 Å². The van der Waals surface area contributed by atoms with Crippen molar-refractivity contribution in [3.05, 3.63) is 42.1 Å². The number of aliphatic hydroxyl groups is 1. The summed E-state index contributed by atoms with van der Waals surface area (Å²) in [6.07, 6.45) is 3.65. The minimum absolute atomic E-state index is 0.208. The van der Waals surface area contributed by atoms with Gasteiger partial charge in [-0.1, -0.05) is 44.0 Å². The van der Waals surface area contributed by atoms with Crippen LogP contribution in [0, 0.1) is 0 Å². The van der Waals surface area contributed by atoms with Crippen molar-refractivity contribution in [1.82, 2.24) is 9.88 Å². The maximum atomic E-state index is 9.18. The molecule has 0 saturated heterocycles. The number of aliphatic hydroxyl groups excluding tert-OH is 1. The topological polar surface area (TPSA) is 36.4 Å². The Morgan fingerprint density at radius 3 is 2.70 bits per heavy atom. The molecule has 0 saturated carbocycles. The van der Waals surface area contributed by atoms with Gasteiger partial charge in [0.2, 0.25) is 0 Å². The van der Waals surface area contributed by atoms with Crippen LogP contribution in [-0.4, -0.2) is 34.7 Å². The van der Waals surface area contributed by atoms with Crippen LogP contribution < -0.4 is 0 Å². The molecule has 0 unspecified atom stereocenters. The maximum Gasteiger partial charge on any atom is 0.0705 e. The number of fused-ring (bicyclic) bond motifs is 1. The van der Waals surface area contributed by atoms with Crippen LogP contribution in [0.25, 0.3) is 10.9 Å². The molecule has 0 aliphatic carbocycles. The summed E-state index contributed by atoms with van der Waals surface area (Å²) in [6.45, 7) is 4.98. The minimum Gasteiger partial charge on any atom is -0.395 e. The lowest BCUT2D eigenvalue weighted by atomic mass is 10.2. The highest BCUT2D eigenvalue weighted by atomic mass is 16.3. The second kappa shape index (κ2) is 7.98. The average Bonchev–Trinajstić information content (AvgIpc) is 2.47. The van der Waals surface area contributed by atoms with E-state index in [9.17, 15) is 5.11 Å². The molecule has 0 aliphatic rings. The highest BCUT2D eigenvalue weighted by Gasteiger charge is 2.06. The summed E-state index contributed by atoms with van der Waals surface area (Å²) in [5.41, 5.74) is 2.12. The third-order valence-electron chi connectivity index (χ3n) is 3.54. The van der Waals surface area contributed by atoms with Crippen molar-refractivity contribution in [2.24, 2.45) is 0 Å². The standard InChI is InChI=1S/C17H24N2O/c1-2-3-6-11-19(12-13-20)14-16-10-9-15-7-4-5-8-17(15)18-16/h4-5,7-10,20H,2-3,6,11-14H2,1H3. The molecule has 1 aromatic heterocycles. The van der Waals surface area contributed by atoms with Crippen LogP contribution in [-0.2, 0) is 6.54 Å². The first kappa shape index (κ1) is 14.9. The lowest BCUT2D eigenvalue weighted by Gasteiger charge is -2.20. The van der Waals surface area contributed by atoms with E-state index in [2.05, 4.69) is 30.0 Å². The number of pyridine rings is 1. The second-order valence-corrected chi connectivity index (χ2v) is 5.20. The van der Waals surface area contributed by atoms with Crippen molar-refractivity contribution >= 4 is 10.9 Å². The van der Waals surface area contributed by atoms with Gasteiger partial charge in [-0.05, 0) is 25.1 Å². The van der Waals surface area contributed by atoms with Crippen molar-refractivity contribution in [3.8, 4) is 0 Å². The van der Waals surface area contributed by atoms with Crippen LogP contribution in [0.4, 0.5) is 0 Å². The lowest BCUT2D eigenvalue weighted by molar-refractivity contribution is 0.186. The molecule has 20 heavy (non-hydrogen) atoms. The van der Waals surface area contributed by atoms with Gasteiger partial charge in [0.25, 0.3) is 0 Å². The number of benzene rings is 1. The van der Waals surface area contributed by atoms with Gasteiger partial charge in [-0.15, -0.1) is 0 Å². The quantitative estimate of drug-likeness (QED) is 0.750. The van der Waals surface area contributed by atoms with E-state index < -0.39 is 0 Å². The Hall–Kier alpha value is -1.45. The van der Waals surface area contributed by atoms with Gasteiger partial charge < -0.3 is 5.11 Å². The van der Waals surface area contributed by atoms with Gasteiger partial charge in [0, 0.05) is 18.5 Å². The summed E-state index contributed by atoms with van der Waals surface area (Å²) in [4.78, 5) is 6.99. The Labute approximate surface area is 121 Å². The normalized spacial score (nSPS) is 11.3. The number of aromatic nitrogens is 1. The maximum absolute atomic E-state index is 9.18. The summed E-state index contributed by atoms with van der Waals surface area (Å²) in [6, 6.07) is 12.4. The van der Waals surface area contributed by atoms with Crippen LogP contribution in [0.2, 0.25) is 0 Å². The molecule has 0 radical (unpaired) electrons. The molecule has 0 fully saturated rings. The van der Waals surface area contributed by atoms with E-state index in [0.717, 1.165) is 30.8 Å². The predicted molar refractivity (Wildman–Crippen MR) is 83.6 cm³/mol. The fourth-order valence-electron chi connectivity index (χ4n) is 2.42. The molecule has 3 nitrogen and oxygen atoms in total. The van der Waals surface area contributed by atoms with Crippen molar-refractivity contribution in [1.29, 1.82) is 0 Å². The monoisotopic (exact) mass is 272 g/mol. The lowest BCUT2D eigenvalue weighted by Crippen LogP contribution is -2.28. The summed E-state index contributed by atoms with van der Waals surface area (Å²) in [5, 5.41) is 10.4. The predicted octanol–water partition coefficient (Wildman–Crippen LogP) is 3.22. The molecule has 2 rings (SSSR count). The summed E-state index contributed by atoms with van der Waals surface area (Å²) < 4.78 is 0. The van der Waals surface area contributed by atoms with E-state index in [4.69, 9.17) is 4.98 Å². The number of unbranched alkanes of at least 4 members (excludes halogenated alkanes) is 2. The van der Waals surface area contributed by atoms with Crippen LogP contribution >= 0.6 is 0 Å². The Kier molecular flexibility index (Phi) is 5.96. The number of rotatable bonds is 8. The fraction of sp³-hybridized carbons (Fsp3) is 0.471. The molecule has 3 heteroatoms. The molecule has 1 heterocycles. The highest BCUT2D eigenvalue weighted by molar-refractivity contribution is 5.78. The average molecular weight is 272 g/mol. The number of para-hydroxylation sites is 1. The Balaban J connectivity index is 2.03. The summed E-state index contributed by atoms with van der Waals surface area (Å²) in [5.74, 6) is 0. The largest absolute Gasteiger partial charge is 0.395 e. The first-order valence-electron chi connectivity index (χ1n) is 7.51. The summed E-state index contributed by atoms with van der Waals surface area (Å²) >= 11 is 0. The van der Waals surface area contributed by atoms with Gasteiger partial charge >= 0.3 is 0 Å². The van der Waals surface area contributed by atoms with Crippen molar-refractivity contribution < 1.29 is 5.11 Å². The van der Waals surface area contributed by atoms with E-state index in [1.165, 1.54) is 24.6 Å². The van der Waals surface area contributed by atoms with Gasteiger partial charge in [0.1, 0.15) is 0 Å².